The fourth-order valence-electron chi connectivity index (χ4n) is 2.01. The number of hydrogen-bond donors (Lipinski definition) is 1. The summed E-state index contributed by atoms with van der Waals surface area (Å²) in [4.78, 5) is 0. The van der Waals surface area contributed by atoms with Gasteiger partial charge in [-0.3, -0.25) is 0 Å². The maximum Gasteiger partial charge on any atom is 0.229 e. The molecule has 0 saturated carbocycles. The highest BCUT2D eigenvalue weighted by Crippen LogP contribution is 2.33. The van der Waals surface area contributed by atoms with Crippen LogP contribution in [-0.4, -0.2) is 24.5 Å². The Morgan fingerprint density at radius 1 is 1.42 bits per heavy atom. The number of hydrogen-bond acceptors (Lipinski definition) is 5. The van der Waals surface area contributed by atoms with Gasteiger partial charge in [-0.25, -0.2) is 0 Å². The van der Waals surface area contributed by atoms with Gasteiger partial charge in [0.25, 0.3) is 0 Å². The van der Waals surface area contributed by atoms with Crippen molar-refractivity contribution in [3.8, 4) is 16.9 Å². The van der Waals surface area contributed by atoms with Crippen LogP contribution in [0.3, 0.4) is 0 Å². The van der Waals surface area contributed by atoms with Crippen LogP contribution in [0.1, 0.15) is 6.42 Å². The largest absolute Gasteiger partial charge is 0.486 e. The second-order valence-corrected chi connectivity index (χ2v) is 4.76. The van der Waals surface area contributed by atoms with Crippen molar-refractivity contribution in [1.29, 1.82) is 0 Å². The molecule has 1 aromatic carbocycles. The third kappa shape index (κ3) is 2.52. The summed E-state index contributed by atoms with van der Waals surface area (Å²) in [5.74, 6) is 0.921. The molecule has 2 aromatic rings. The SMILES string of the molecule is Nc1oncc1-c1ccc(OC2CCOC2)c(Cl)c1. The van der Waals surface area contributed by atoms with E-state index in [1.54, 1.807) is 12.3 Å². The van der Waals surface area contributed by atoms with Crippen molar-refractivity contribution in [3.05, 3.63) is 29.4 Å². The van der Waals surface area contributed by atoms with E-state index in [-0.39, 0.29) is 12.0 Å². The number of nitrogens with two attached hydrogens (primary N) is 1. The van der Waals surface area contributed by atoms with Crippen molar-refractivity contribution in [2.45, 2.75) is 12.5 Å². The predicted octanol–water partition coefficient (Wildman–Crippen LogP) is 2.74. The van der Waals surface area contributed by atoms with Gasteiger partial charge in [-0.2, -0.15) is 0 Å². The molecule has 1 saturated heterocycles. The van der Waals surface area contributed by atoms with Gasteiger partial charge in [-0.15, -0.1) is 0 Å². The van der Waals surface area contributed by atoms with Gasteiger partial charge < -0.3 is 19.7 Å². The molecule has 1 aromatic heterocycles. The van der Waals surface area contributed by atoms with Gasteiger partial charge in [-0.05, 0) is 17.7 Å². The molecule has 0 amide bonds. The minimum absolute atomic E-state index is 0.0732. The summed E-state index contributed by atoms with van der Waals surface area (Å²) in [6, 6.07) is 5.48. The van der Waals surface area contributed by atoms with E-state index >= 15 is 0 Å². The molecule has 100 valence electrons. The average Bonchev–Trinajstić information content (AvgIpc) is 3.03. The van der Waals surface area contributed by atoms with Crippen LogP contribution in [0.4, 0.5) is 5.88 Å². The highest BCUT2D eigenvalue weighted by atomic mass is 35.5. The number of halogens is 1. The first-order valence-corrected chi connectivity index (χ1v) is 6.36. The van der Waals surface area contributed by atoms with E-state index in [9.17, 15) is 0 Å². The molecular weight excluding hydrogens is 268 g/mol. The Morgan fingerprint density at radius 2 is 2.32 bits per heavy atom. The molecule has 1 unspecified atom stereocenters. The summed E-state index contributed by atoms with van der Waals surface area (Å²) in [6.07, 6.45) is 2.52. The Morgan fingerprint density at radius 3 is 2.95 bits per heavy atom. The van der Waals surface area contributed by atoms with E-state index in [0.29, 0.717) is 17.4 Å². The molecular formula is C13H13ClN2O3. The van der Waals surface area contributed by atoms with Crippen molar-refractivity contribution >= 4 is 17.5 Å². The van der Waals surface area contributed by atoms with Gasteiger partial charge in [0.1, 0.15) is 11.9 Å². The number of benzene rings is 1. The standard InChI is InChI=1S/C13H13ClN2O3/c14-11-5-8(10-6-16-19-13(10)15)1-2-12(11)18-9-3-4-17-7-9/h1-2,5-6,9H,3-4,7,15H2. The van der Waals surface area contributed by atoms with Gasteiger partial charge in [0.15, 0.2) is 0 Å². The zero-order chi connectivity index (χ0) is 13.2. The first-order chi connectivity index (χ1) is 9.24. The van der Waals surface area contributed by atoms with Gasteiger partial charge in [0.2, 0.25) is 5.88 Å². The first-order valence-electron chi connectivity index (χ1n) is 5.98. The van der Waals surface area contributed by atoms with Crippen LogP contribution >= 0.6 is 11.6 Å². The van der Waals surface area contributed by atoms with Crippen LogP contribution < -0.4 is 10.5 Å². The van der Waals surface area contributed by atoms with Crippen molar-refractivity contribution < 1.29 is 14.0 Å². The maximum absolute atomic E-state index is 6.22. The van der Waals surface area contributed by atoms with Crippen molar-refractivity contribution in [3.63, 3.8) is 0 Å². The third-order valence-corrected chi connectivity index (χ3v) is 3.32. The van der Waals surface area contributed by atoms with Crippen LogP contribution in [0, 0.1) is 0 Å². The highest BCUT2D eigenvalue weighted by molar-refractivity contribution is 6.32. The zero-order valence-corrected chi connectivity index (χ0v) is 10.9. The van der Waals surface area contributed by atoms with Crippen LogP contribution in [0.15, 0.2) is 28.9 Å². The van der Waals surface area contributed by atoms with Gasteiger partial charge >= 0.3 is 0 Å². The maximum atomic E-state index is 6.22. The number of anilines is 1. The first kappa shape index (κ1) is 12.3. The minimum Gasteiger partial charge on any atom is -0.486 e. The Kier molecular flexibility index (Phi) is 3.31. The fourth-order valence-corrected chi connectivity index (χ4v) is 2.24. The van der Waals surface area contributed by atoms with Crippen LogP contribution in [-0.2, 0) is 4.74 Å². The van der Waals surface area contributed by atoms with E-state index in [1.165, 1.54) is 0 Å². The molecule has 1 aliphatic rings. The number of aromatic nitrogens is 1. The summed E-state index contributed by atoms with van der Waals surface area (Å²) < 4.78 is 15.9. The van der Waals surface area contributed by atoms with Crippen LogP contribution in [0.5, 0.6) is 5.75 Å². The van der Waals surface area contributed by atoms with Gasteiger partial charge in [0.05, 0.1) is 30.0 Å². The topological polar surface area (TPSA) is 70.5 Å². The lowest BCUT2D eigenvalue weighted by Crippen LogP contribution is -2.15. The number of ether oxygens (including phenoxy) is 2. The summed E-state index contributed by atoms with van der Waals surface area (Å²) in [7, 11) is 0. The fraction of sp³-hybridized carbons (Fsp3) is 0.308. The molecule has 0 spiro atoms. The Balaban J connectivity index is 1.83. The second kappa shape index (κ2) is 5.11. The molecule has 0 aliphatic carbocycles. The number of nitrogens with zero attached hydrogens (tertiary/aromatic N) is 1. The molecule has 5 nitrogen and oxygen atoms in total. The molecule has 1 aliphatic heterocycles. The molecule has 2 heterocycles. The van der Waals surface area contributed by atoms with Crippen molar-refractivity contribution in [1.82, 2.24) is 5.16 Å². The number of nitrogen functional groups attached to an aromatic ring is 1. The van der Waals surface area contributed by atoms with E-state index in [2.05, 4.69) is 5.16 Å². The normalized spacial score (nSPS) is 18.7. The molecule has 0 radical (unpaired) electrons. The van der Waals surface area contributed by atoms with E-state index < -0.39 is 0 Å². The summed E-state index contributed by atoms with van der Waals surface area (Å²) in [5.41, 5.74) is 7.24. The molecule has 19 heavy (non-hydrogen) atoms. The monoisotopic (exact) mass is 280 g/mol. The lowest BCUT2D eigenvalue weighted by molar-refractivity contribution is 0.141. The van der Waals surface area contributed by atoms with Crippen molar-refractivity contribution in [2.24, 2.45) is 0 Å². The number of rotatable bonds is 3. The summed E-state index contributed by atoms with van der Waals surface area (Å²) in [6.45, 7) is 1.34. The van der Waals surface area contributed by atoms with Gasteiger partial charge in [-0.1, -0.05) is 22.8 Å². The Hall–Kier alpha value is -1.72. The minimum atomic E-state index is 0.0732. The zero-order valence-electron chi connectivity index (χ0n) is 10.1. The lowest BCUT2D eigenvalue weighted by atomic mass is 10.1. The van der Waals surface area contributed by atoms with Crippen LogP contribution in [0.2, 0.25) is 5.02 Å². The molecule has 2 N–H and O–H groups in total. The van der Waals surface area contributed by atoms with Gasteiger partial charge in [0, 0.05) is 6.42 Å². The second-order valence-electron chi connectivity index (χ2n) is 4.35. The van der Waals surface area contributed by atoms with Crippen molar-refractivity contribution in [2.75, 3.05) is 18.9 Å². The average molecular weight is 281 g/mol. The highest BCUT2D eigenvalue weighted by Gasteiger charge is 2.19. The Labute approximate surface area is 115 Å². The van der Waals surface area contributed by atoms with E-state index in [4.69, 9.17) is 31.3 Å². The third-order valence-electron chi connectivity index (χ3n) is 3.02. The molecule has 1 atom stereocenters. The summed E-state index contributed by atoms with van der Waals surface area (Å²) in [5, 5.41) is 4.17. The molecule has 6 heteroatoms. The summed E-state index contributed by atoms with van der Waals surface area (Å²) >= 11 is 6.22. The smallest absolute Gasteiger partial charge is 0.229 e. The molecule has 1 fully saturated rings. The van der Waals surface area contributed by atoms with E-state index in [1.807, 2.05) is 12.1 Å². The lowest BCUT2D eigenvalue weighted by Gasteiger charge is -2.13. The Bertz CT molecular complexity index is 579. The van der Waals surface area contributed by atoms with Crippen LogP contribution in [0.25, 0.3) is 11.1 Å². The quantitative estimate of drug-likeness (QED) is 0.936. The molecule has 0 bridgehead atoms. The molecule has 3 rings (SSSR count). The predicted molar refractivity (Wildman–Crippen MR) is 71.2 cm³/mol. The van der Waals surface area contributed by atoms with E-state index in [0.717, 1.165) is 24.2 Å².